The first-order chi connectivity index (χ1) is 20.4. The molecule has 6 atom stereocenters. The van der Waals surface area contributed by atoms with Gasteiger partial charge in [-0.15, -0.1) is 11.6 Å². The van der Waals surface area contributed by atoms with Crippen LogP contribution in [0.15, 0.2) is 18.2 Å². The zero-order chi connectivity index (χ0) is 33.4. The summed E-state index contributed by atoms with van der Waals surface area (Å²) < 4.78 is 21.8. The van der Waals surface area contributed by atoms with E-state index in [0.29, 0.717) is 5.56 Å². The maximum Gasteiger partial charge on any atom is 0.408 e. The first-order valence-electron chi connectivity index (χ1n) is 13.5. The first-order valence-corrected chi connectivity index (χ1v) is 14.0. The maximum absolute atomic E-state index is 13.0. The van der Waals surface area contributed by atoms with Crippen molar-refractivity contribution in [3.63, 3.8) is 0 Å². The molecule has 0 unspecified atom stereocenters. The third-order valence-electron chi connectivity index (χ3n) is 6.61. The lowest BCUT2D eigenvalue weighted by molar-refractivity contribution is -0.233. The molecule has 1 aromatic rings. The highest BCUT2D eigenvalue weighted by Crippen LogP contribution is 2.43. The van der Waals surface area contributed by atoms with E-state index in [4.69, 9.17) is 30.5 Å². The molecule has 5 N–H and O–H groups in total. The second-order valence-electron chi connectivity index (χ2n) is 11.2. The molecular formula is C28H37ClN2O13. The molecule has 0 aromatic heterocycles. The molecule has 1 aliphatic rings. The summed E-state index contributed by atoms with van der Waals surface area (Å²) in [6.45, 7) is 6.36. The summed E-state index contributed by atoms with van der Waals surface area (Å²) in [7, 11) is 1.03. The van der Waals surface area contributed by atoms with Crippen molar-refractivity contribution in [3.8, 4) is 5.75 Å². The van der Waals surface area contributed by atoms with Crippen LogP contribution in [-0.2, 0) is 44.1 Å². The molecule has 0 bridgehead atoms. The molecule has 0 aliphatic carbocycles. The fraction of sp³-hybridized carbons (Fsp3) is 0.571. The van der Waals surface area contributed by atoms with Crippen LogP contribution in [0.25, 0.3) is 0 Å². The van der Waals surface area contributed by atoms with Gasteiger partial charge < -0.3 is 44.9 Å². The third-order valence-corrected chi connectivity index (χ3v) is 6.92. The van der Waals surface area contributed by atoms with Crippen molar-refractivity contribution in [1.82, 2.24) is 5.32 Å². The van der Waals surface area contributed by atoms with E-state index >= 15 is 0 Å². The number of esters is 1. The smallest absolute Gasteiger partial charge is 0.408 e. The predicted octanol–water partition coefficient (Wildman–Crippen LogP) is 2.83. The van der Waals surface area contributed by atoms with Crippen molar-refractivity contribution < 1.29 is 63.0 Å². The van der Waals surface area contributed by atoms with E-state index in [9.17, 15) is 44.1 Å². The van der Waals surface area contributed by atoms with E-state index in [1.165, 1.54) is 19.1 Å². The number of carbonyl (C=O) groups excluding carboxylic acids is 3. The number of hydrogen-bond acceptors (Lipinski definition) is 10. The van der Waals surface area contributed by atoms with E-state index in [0.717, 1.165) is 7.11 Å². The van der Waals surface area contributed by atoms with Crippen LogP contribution in [0.1, 0.15) is 52.5 Å². The summed E-state index contributed by atoms with van der Waals surface area (Å²) in [4.78, 5) is 73.2. The van der Waals surface area contributed by atoms with Crippen LogP contribution >= 0.6 is 11.6 Å². The van der Waals surface area contributed by atoms with Gasteiger partial charge in [0, 0.05) is 24.1 Å². The molecule has 0 saturated carbocycles. The van der Waals surface area contributed by atoms with Crippen LogP contribution in [-0.4, -0.2) is 82.3 Å². The number of ether oxygens (including phenoxy) is 4. The van der Waals surface area contributed by atoms with Crippen molar-refractivity contribution in [2.45, 2.75) is 76.9 Å². The van der Waals surface area contributed by atoms with Gasteiger partial charge in [-0.2, -0.15) is 0 Å². The molecule has 44 heavy (non-hydrogen) atoms. The summed E-state index contributed by atoms with van der Waals surface area (Å²) >= 11 is 5.99. The van der Waals surface area contributed by atoms with Crippen LogP contribution < -0.4 is 15.4 Å². The Morgan fingerprint density at radius 1 is 0.955 bits per heavy atom. The zero-order valence-electron chi connectivity index (χ0n) is 24.8. The minimum atomic E-state index is -1.62. The number of amides is 2. The number of hydrogen-bond donors (Lipinski definition) is 5. The summed E-state index contributed by atoms with van der Waals surface area (Å²) in [6.07, 6.45) is -6.19. The van der Waals surface area contributed by atoms with Crippen LogP contribution in [0.4, 0.5) is 10.5 Å². The highest BCUT2D eigenvalue weighted by atomic mass is 35.5. The Balaban J connectivity index is 2.50. The van der Waals surface area contributed by atoms with Crippen molar-refractivity contribution in [1.29, 1.82) is 0 Å². The number of halogens is 1. The Morgan fingerprint density at radius 3 is 2.05 bits per heavy atom. The molecule has 15 nitrogen and oxygen atoms in total. The Kier molecular flexibility index (Phi) is 12.8. The molecular weight excluding hydrogens is 608 g/mol. The number of benzene rings is 1. The topological polar surface area (TPSA) is 224 Å². The minimum Gasteiger partial charge on any atom is -0.481 e. The summed E-state index contributed by atoms with van der Waals surface area (Å²) in [5, 5.41) is 33.8. The Bertz CT molecular complexity index is 1250. The van der Waals surface area contributed by atoms with Crippen LogP contribution in [0.2, 0.25) is 0 Å². The Morgan fingerprint density at radius 2 is 1.52 bits per heavy atom. The fourth-order valence-corrected chi connectivity index (χ4v) is 4.90. The normalized spacial score (nSPS) is 22.2. The van der Waals surface area contributed by atoms with Gasteiger partial charge in [0.15, 0.2) is 6.10 Å². The lowest BCUT2D eigenvalue weighted by atomic mass is 9.71. The lowest BCUT2D eigenvalue weighted by Gasteiger charge is -2.44. The first kappa shape index (κ1) is 36.1. The Labute approximate surface area is 258 Å². The second kappa shape index (κ2) is 15.6. The molecule has 0 spiro atoms. The number of nitrogens with one attached hydrogen (secondary N) is 2. The van der Waals surface area contributed by atoms with Gasteiger partial charge in [0.05, 0.1) is 25.6 Å². The number of methoxy groups -OCH3 is 1. The number of rotatable bonds is 13. The molecule has 0 radical (unpaired) electrons. The van der Waals surface area contributed by atoms with E-state index < -0.39 is 96.9 Å². The van der Waals surface area contributed by atoms with Crippen LogP contribution in [0, 0.1) is 17.8 Å². The SMILES string of the molecule is COC(=O)[C@H]1O[C@@H](Oc2cc(CCl)ccc2NC(=O)[C@H](C)NC(=O)OC(C)(C)C)[C@H](CC(=O)O)[C@@H](CC(=O)O)[C@@H]1CC(=O)O. The molecule has 2 amide bonds. The molecule has 244 valence electrons. The van der Waals surface area contributed by atoms with Gasteiger partial charge in [0.2, 0.25) is 12.2 Å². The van der Waals surface area contributed by atoms with Crippen molar-refractivity contribution in [2.75, 3.05) is 12.4 Å². The number of alkyl carbamates (subject to hydrolysis) is 1. The predicted molar refractivity (Wildman–Crippen MR) is 152 cm³/mol. The number of alkyl halides is 1. The average Bonchev–Trinajstić information content (AvgIpc) is 2.90. The number of aliphatic carboxylic acids is 3. The van der Waals surface area contributed by atoms with E-state index in [1.807, 2.05) is 0 Å². The molecule has 16 heteroatoms. The number of carboxylic acids is 3. The van der Waals surface area contributed by atoms with Gasteiger partial charge in [-0.05, 0) is 51.3 Å². The monoisotopic (exact) mass is 644 g/mol. The highest BCUT2D eigenvalue weighted by Gasteiger charge is 2.52. The van der Waals surface area contributed by atoms with Gasteiger partial charge >= 0.3 is 30.0 Å². The molecule has 1 aliphatic heterocycles. The highest BCUT2D eigenvalue weighted by molar-refractivity contribution is 6.17. The van der Waals surface area contributed by atoms with Gasteiger partial charge in [-0.1, -0.05) is 6.07 Å². The molecule has 2 rings (SSSR count). The summed E-state index contributed by atoms with van der Waals surface area (Å²) in [5.41, 5.74) is -0.271. The van der Waals surface area contributed by atoms with Crippen LogP contribution in [0.3, 0.4) is 0 Å². The van der Waals surface area contributed by atoms with Crippen molar-refractivity contribution in [2.24, 2.45) is 17.8 Å². The van der Waals surface area contributed by atoms with Crippen molar-refractivity contribution in [3.05, 3.63) is 23.8 Å². The Hall–Kier alpha value is -4.11. The van der Waals surface area contributed by atoms with Crippen LogP contribution in [0.5, 0.6) is 5.75 Å². The third kappa shape index (κ3) is 10.6. The van der Waals surface area contributed by atoms with Gasteiger partial charge in [0.1, 0.15) is 17.4 Å². The molecule has 1 aromatic carbocycles. The van der Waals surface area contributed by atoms with E-state index in [-0.39, 0.29) is 17.3 Å². The van der Waals surface area contributed by atoms with E-state index in [2.05, 4.69) is 10.6 Å². The molecule has 1 fully saturated rings. The standard InChI is InChI=1S/C28H37ClN2O13/c1-13(30-27(40)44-28(2,3)4)24(38)31-18-7-6-14(12-29)8-19(18)42-26-17(11-22(36)37)15(9-20(32)33)16(10-21(34)35)23(43-26)25(39)41-5/h6-8,13,15-17,23,26H,9-12H2,1-5H3,(H,30,40)(H,31,38)(H,32,33)(H,34,35)(H,36,37)/t13-,15-,16-,17+,23-,26+/m0/s1. The van der Waals surface area contributed by atoms with Gasteiger partial charge in [-0.3, -0.25) is 19.2 Å². The van der Waals surface area contributed by atoms with E-state index in [1.54, 1.807) is 26.8 Å². The fourth-order valence-electron chi connectivity index (χ4n) is 4.73. The van der Waals surface area contributed by atoms with Crippen molar-refractivity contribution >= 4 is 53.2 Å². The summed E-state index contributed by atoms with van der Waals surface area (Å²) in [6, 6.07) is 3.32. The number of carbonyl (C=O) groups is 6. The lowest BCUT2D eigenvalue weighted by Crippen LogP contribution is -2.54. The van der Waals surface area contributed by atoms with Gasteiger partial charge in [-0.25, -0.2) is 9.59 Å². The summed E-state index contributed by atoms with van der Waals surface area (Å²) in [5.74, 6) is -9.64. The largest absolute Gasteiger partial charge is 0.481 e. The molecule has 1 heterocycles. The average molecular weight is 645 g/mol. The zero-order valence-corrected chi connectivity index (χ0v) is 25.6. The molecule has 1 saturated heterocycles. The maximum atomic E-state index is 13.0. The number of anilines is 1. The number of carboxylic acid groups (broad SMARTS) is 3. The quantitative estimate of drug-likeness (QED) is 0.154. The second-order valence-corrected chi connectivity index (χ2v) is 11.4. The van der Waals surface area contributed by atoms with Gasteiger partial charge in [0.25, 0.3) is 0 Å². The minimum absolute atomic E-state index is 0.00161.